The first kappa shape index (κ1) is 13.2. The summed E-state index contributed by atoms with van der Waals surface area (Å²) in [5, 5.41) is 8.35. The molecule has 4 nitrogen and oxygen atoms in total. The smallest absolute Gasteiger partial charge is 0.341 e. The fraction of sp³-hybridized carbons (Fsp3) is 0.273. The van der Waals surface area contributed by atoms with E-state index in [1.54, 1.807) is 12.1 Å². The molecular formula is C11H14O4. The van der Waals surface area contributed by atoms with E-state index in [-0.39, 0.29) is 6.61 Å². The van der Waals surface area contributed by atoms with Gasteiger partial charge in [-0.25, -0.2) is 4.79 Å². The molecule has 1 aromatic rings. The Morgan fingerprint density at radius 1 is 1.33 bits per heavy atom. The third kappa shape index (κ3) is 5.46. The van der Waals surface area contributed by atoms with Crippen LogP contribution < -0.4 is 4.74 Å². The van der Waals surface area contributed by atoms with E-state index < -0.39 is 5.97 Å². The van der Waals surface area contributed by atoms with Crippen LogP contribution in [-0.2, 0) is 16.0 Å². The lowest BCUT2D eigenvalue weighted by atomic mass is 10.2. The predicted molar refractivity (Wildman–Crippen MR) is 56.1 cm³/mol. The molecule has 0 heterocycles. The van der Waals surface area contributed by atoms with Crippen molar-refractivity contribution in [2.75, 3.05) is 6.61 Å². The van der Waals surface area contributed by atoms with Gasteiger partial charge in [0.05, 0.1) is 0 Å². The summed E-state index contributed by atoms with van der Waals surface area (Å²) < 4.78 is 4.97. The van der Waals surface area contributed by atoms with Gasteiger partial charge in [0.1, 0.15) is 12.5 Å². The van der Waals surface area contributed by atoms with E-state index in [9.17, 15) is 4.79 Å². The molecule has 1 aromatic carbocycles. The normalized spacial score (nSPS) is 8.60. The molecule has 15 heavy (non-hydrogen) atoms. The van der Waals surface area contributed by atoms with Gasteiger partial charge >= 0.3 is 5.97 Å². The number of hydrogen-bond donors (Lipinski definition) is 1. The van der Waals surface area contributed by atoms with Crippen LogP contribution in [0.15, 0.2) is 24.3 Å². The van der Waals surface area contributed by atoms with E-state index in [0.717, 1.165) is 6.42 Å². The number of carbonyl (C=O) groups excluding carboxylic acids is 1. The quantitative estimate of drug-likeness (QED) is 0.818. The first-order chi connectivity index (χ1) is 7.22. The average Bonchev–Trinajstić information content (AvgIpc) is 2.30. The summed E-state index contributed by atoms with van der Waals surface area (Å²) in [4.78, 5) is 18.2. The average molecular weight is 210 g/mol. The number of carbonyl (C=O) groups is 2. The molecule has 0 bridgehead atoms. The Morgan fingerprint density at radius 2 is 1.87 bits per heavy atom. The number of carboxylic acid groups (broad SMARTS) is 1. The van der Waals surface area contributed by atoms with Crippen LogP contribution in [0.2, 0.25) is 0 Å². The highest BCUT2D eigenvalue weighted by Crippen LogP contribution is 2.11. The summed E-state index contributed by atoms with van der Waals surface area (Å²) in [5.41, 5.74) is 1.21. The molecule has 0 unspecified atom stereocenters. The standard InChI is InChI=1S/C10H12O3.CH2O/c1-2-8-3-5-9(6-4-8)13-7-10(11)12;1-2/h3-6H,2,7H2,1H3,(H,11,12);1H2. The van der Waals surface area contributed by atoms with Crippen LogP contribution in [-0.4, -0.2) is 24.5 Å². The molecule has 0 saturated heterocycles. The number of aryl methyl sites for hydroxylation is 1. The van der Waals surface area contributed by atoms with Crippen LogP contribution in [0.1, 0.15) is 12.5 Å². The first-order valence-corrected chi connectivity index (χ1v) is 4.44. The number of hydrogen-bond acceptors (Lipinski definition) is 3. The van der Waals surface area contributed by atoms with Crippen LogP contribution >= 0.6 is 0 Å². The lowest BCUT2D eigenvalue weighted by Crippen LogP contribution is -2.09. The van der Waals surface area contributed by atoms with Gasteiger partial charge in [-0.2, -0.15) is 0 Å². The number of ether oxygens (including phenoxy) is 1. The Bertz CT molecular complexity index is 292. The number of benzene rings is 1. The summed E-state index contributed by atoms with van der Waals surface area (Å²) in [7, 11) is 0. The second-order valence-corrected chi connectivity index (χ2v) is 2.68. The zero-order chi connectivity index (χ0) is 11.7. The van der Waals surface area contributed by atoms with Crippen LogP contribution in [0.3, 0.4) is 0 Å². The van der Waals surface area contributed by atoms with Crippen molar-refractivity contribution in [2.45, 2.75) is 13.3 Å². The molecule has 0 aromatic heterocycles. The van der Waals surface area contributed by atoms with Crippen molar-refractivity contribution >= 4 is 12.8 Å². The number of carboxylic acids is 1. The second-order valence-electron chi connectivity index (χ2n) is 2.68. The highest BCUT2D eigenvalue weighted by Gasteiger charge is 1.98. The minimum absolute atomic E-state index is 0.286. The van der Waals surface area contributed by atoms with Gasteiger partial charge in [-0.15, -0.1) is 0 Å². The van der Waals surface area contributed by atoms with E-state index in [2.05, 4.69) is 6.92 Å². The zero-order valence-corrected chi connectivity index (χ0v) is 8.60. The first-order valence-electron chi connectivity index (χ1n) is 4.44. The lowest BCUT2D eigenvalue weighted by molar-refractivity contribution is -0.139. The van der Waals surface area contributed by atoms with Gasteiger partial charge in [0.2, 0.25) is 0 Å². The van der Waals surface area contributed by atoms with Crippen LogP contribution in [0.4, 0.5) is 0 Å². The van der Waals surface area contributed by atoms with E-state index in [1.165, 1.54) is 5.56 Å². The monoisotopic (exact) mass is 210 g/mol. The summed E-state index contributed by atoms with van der Waals surface area (Å²) in [5.74, 6) is -0.362. The molecule has 0 aliphatic heterocycles. The molecule has 0 aliphatic rings. The Kier molecular flexibility index (Phi) is 6.63. The van der Waals surface area contributed by atoms with E-state index >= 15 is 0 Å². The summed E-state index contributed by atoms with van der Waals surface area (Å²) in [6.45, 7) is 3.78. The van der Waals surface area contributed by atoms with Gasteiger partial charge in [0.15, 0.2) is 6.61 Å². The molecule has 0 spiro atoms. The van der Waals surface area contributed by atoms with Gasteiger partial charge in [-0.3, -0.25) is 0 Å². The van der Waals surface area contributed by atoms with Crippen molar-refractivity contribution in [2.24, 2.45) is 0 Å². The van der Waals surface area contributed by atoms with E-state index in [4.69, 9.17) is 14.6 Å². The predicted octanol–water partition coefficient (Wildman–Crippen LogP) is 1.53. The molecule has 4 heteroatoms. The molecule has 0 saturated carbocycles. The number of aliphatic carboxylic acids is 1. The van der Waals surface area contributed by atoms with E-state index in [0.29, 0.717) is 5.75 Å². The van der Waals surface area contributed by atoms with Crippen LogP contribution in [0, 0.1) is 0 Å². The molecule has 1 rings (SSSR count). The third-order valence-electron chi connectivity index (χ3n) is 1.69. The third-order valence-corrected chi connectivity index (χ3v) is 1.69. The van der Waals surface area contributed by atoms with Crippen molar-refractivity contribution in [3.05, 3.63) is 29.8 Å². The van der Waals surface area contributed by atoms with Crippen LogP contribution in [0.25, 0.3) is 0 Å². The topological polar surface area (TPSA) is 63.6 Å². The van der Waals surface area contributed by atoms with Crippen molar-refractivity contribution in [3.8, 4) is 5.75 Å². The second kappa shape index (κ2) is 7.55. The lowest BCUT2D eigenvalue weighted by Gasteiger charge is -2.03. The van der Waals surface area contributed by atoms with Gasteiger partial charge in [0, 0.05) is 0 Å². The fourth-order valence-corrected chi connectivity index (χ4v) is 0.966. The minimum Gasteiger partial charge on any atom is -0.482 e. The minimum atomic E-state index is -0.959. The molecule has 0 atom stereocenters. The van der Waals surface area contributed by atoms with Crippen LogP contribution in [0.5, 0.6) is 5.75 Å². The largest absolute Gasteiger partial charge is 0.482 e. The molecule has 0 radical (unpaired) electrons. The van der Waals surface area contributed by atoms with Crippen molar-refractivity contribution < 1.29 is 19.4 Å². The summed E-state index contributed by atoms with van der Waals surface area (Å²) >= 11 is 0. The SMILES string of the molecule is C=O.CCc1ccc(OCC(=O)O)cc1. The number of rotatable bonds is 4. The Labute approximate surface area is 88.5 Å². The maximum atomic E-state index is 10.2. The highest BCUT2D eigenvalue weighted by atomic mass is 16.5. The zero-order valence-electron chi connectivity index (χ0n) is 8.60. The van der Waals surface area contributed by atoms with Gasteiger partial charge in [-0.05, 0) is 24.1 Å². The van der Waals surface area contributed by atoms with Gasteiger partial charge in [-0.1, -0.05) is 19.1 Å². The van der Waals surface area contributed by atoms with Crippen molar-refractivity contribution in [3.63, 3.8) is 0 Å². The molecule has 0 amide bonds. The Morgan fingerprint density at radius 3 is 2.27 bits per heavy atom. The Balaban J connectivity index is 0.000000921. The van der Waals surface area contributed by atoms with Crippen molar-refractivity contribution in [1.29, 1.82) is 0 Å². The summed E-state index contributed by atoms with van der Waals surface area (Å²) in [6, 6.07) is 7.41. The molecule has 0 aliphatic carbocycles. The van der Waals surface area contributed by atoms with Gasteiger partial charge in [0.25, 0.3) is 0 Å². The van der Waals surface area contributed by atoms with E-state index in [1.807, 2.05) is 18.9 Å². The highest BCUT2D eigenvalue weighted by molar-refractivity contribution is 5.68. The maximum Gasteiger partial charge on any atom is 0.341 e. The molecular weight excluding hydrogens is 196 g/mol. The molecule has 0 fully saturated rings. The Hall–Kier alpha value is -1.84. The van der Waals surface area contributed by atoms with Gasteiger partial charge < -0.3 is 14.6 Å². The molecule has 1 N–H and O–H groups in total. The summed E-state index contributed by atoms with van der Waals surface area (Å²) in [6.07, 6.45) is 0.971. The fourth-order valence-electron chi connectivity index (χ4n) is 0.966. The van der Waals surface area contributed by atoms with Crippen molar-refractivity contribution in [1.82, 2.24) is 0 Å². The maximum absolute atomic E-state index is 10.2. The molecule has 82 valence electrons.